The van der Waals surface area contributed by atoms with E-state index in [0.717, 1.165) is 0 Å². The number of hydrogen-bond donors (Lipinski definition) is 5. The first-order valence-electron chi connectivity index (χ1n) is 6.72. The first kappa shape index (κ1) is 18.2. The van der Waals surface area contributed by atoms with E-state index in [2.05, 4.69) is 24.5 Å². The summed E-state index contributed by atoms with van der Waals surface area (Å²) in [5.41, 5.74) is 5.63. The minimum absolute atomic E-state index is 0.0920. The molecule has 1 aromatic carbocycles. The Kier molecular flexibility index (Phi) is 10.1. The van der Waals surface area contributed by atoms with Crippen LogP contribution in [-0.4, -0.2) is 11.9 Å². The third-order valence-corrected chi connectivity index (χ3v) is 2.68. The molecule has 6 heteroatoms. The molecule has 6 N–H and O–H groups in total. The van der Waals surface area contributed by atoms with E-state index < -0.39 is 0 Å². The topological polar surface area (TPSA) is 97.8 Å². The van der Waals surface area contributed by atoms with E-state index in [1.807, 2.05) is 0 Å². The number of guanidine groups is 2. The van der Waals surface area contributed by atoms with Gasteiger partial charge in [-0.3, -0.25) is 16.1 Å². The molecule has 0 aliphatic heterocycles. The molecule has 1 rings (SSSR count). The maximum Gasteiger partial charge on any atom is 0.199 e. The Hall–Kier alpha value is -1.75. The molecule has 0 saturated heterocycles. The van der Waals surface area contributed by atoms with E-state index in [1.165, 1.54) is 25.7 Å². The van der Waals surface area contributed by atoms with Crippen LogP contribution in [0.25, 0.3) is 0 Å². The van der Waals surface area contributed by atoms with E-state index in [1.54, 1.807) is 24.3 Å². The number of unbranched alkanes of at least 4 members (excludes halogenated alkanes) is 3. The summed E-state index contributed by atoms with van der Waals surface area (Å²) in [7, 11) is 0. The largest absolute Gasteiger partial charge is 0.370 e. The van der Waals surface area contributed by atoms with Crippen molar-refractivity contribution in [2.75, 3.05) is 5.32 Å². The summed E-state index contributed by atoms with van der Waals surface area (Å²) in [6.07, 6.45) is 5.54. The molecule has 0 aliphatic carbocycles. The zero-order valence-electron chi connectivity index (χ0n) is 12.1. The van der Waals surface area contributed by atoms with Gasteiger partial charge in [-0.1, -0.05) is 63.3 Å². The van der Waals surface area contributed by atoms with Gasteiger partial charge in [0, 0.05) is 0 Å². The molecule has 0 fully saturated rings. The molecule has 0 heterocycles. The molecule has 0 aliphatic rings. The highest BCUT2D eigenvalue weighted by molar-refractivity contribution is 6.33. The van der Waals surface area contributed by atoms with Gasteiger partial charge in [-0.2, -0.15) is 0 Å². The smallest absolute Gasteiger partial charge is 0.199 e. The number of hydrogen-bond acceptors (Lipinski definition) is 2. The monoisotopic (exact) mass is 297 g/mol. The van der Waals surface area contributed by atoms with Gasteiger partial charge in [-0.15, -0.1) is 0 Å². The minimum atomic E-state index is -0.297. The molecule has 1 aromatic rings. The van der Waals surface area contributed by atoms with Gasteiger partial charge in [-0.05, 0) is 12.1 Å². The summed E-state index contributed by atoms with van der Waals surface area (Å²) >= 11 is 5.83. The highest BCUT2D eigenvalue weighted by Gasteiger charge is 2.01. The van der Waals surface area contributed by atoms with Crippen LogP contribution in [0.4, 0.5) is 5.69 Å². The normalized spacial score (nSPS) is 9.15. The molecule has 5 nitrogen and oxygen atoms in total. The second-order valence-electron chi connectivity index (χ2n) is 4.23. The average molecular weight is 298 g/mol. The van der Waals surface area contributed by atoms with E-state index in [4.69, 9.17) is 28.2 Å². The van der Waals surface area contributed by atoms with Crippen molar-refractivity contribution in [3.8, 4) is 0 Å². The molecule has 0 atom stereocenters. The number of nitrogens with two attached hydrogens (primary N) is 1. The SMILES string of the molecule is CCCCCC.N=C(N)NC(=N)Nc1ccccc1Cl. The molecule has 0 aromatic heterocycles. The average Bonchev–Trinajstić information content (AvgIpc) is 2.39. The van der Waals surface area contributed by atoms with Crippen molar-refractivity contribution in [1.82, 2.24) is 5.32 Å². The van der Waals surface area contributed by atoms with Crippen LogP contribution in [0.5, 0.6) is 0 Å². The van der Waals surface area contributed by atoms with E-state index in [0.29, 0.717) is 10.7 Å². The van der Waals surface area contributed by atoms with Crippen molar-refractivity contribution in [2.45, 2.75) is 39.5 Å². The van der Waals surface area contributed by atoms with E-state index in [-0.39, 0.29) is 11.9 Å². The van der Waals surface area contributed by atoms with Crippen molar-refractivity contribution < 1.29 is 0 Å². The van der Waals surface area contributed by atoms with Crippen molar-refractivity contribution in [3.63, 3.8) is 0 Å². The van der Waals surface area contributed by atoms with Crippen molar-refractivity contribution in [3.05, 3.63) is 29.3 Å². The van der Waals surface area contributed by atoms with Crippen LogP contribution in [0.1, 0.15) is 39.5 Å². The van der Waals surface area contributed by atoms with Crippen molar-refractivity contribution >= 4 is 29.2 Å². The zero-order chi connectivity index (χ0) is 15.4. The Morgan fingerprint density at radius 1 is 1.15 bits per heavy atom. The number of nitrogens with one attached hydrogen (secondary N) is 4. The summed E-state index contributed by atoms with van der Waals surface area (Å²) in [5.74, 6) is -0.389. The number of para-hydroxylation sites is 1. The van der Waals surface area contributed by atoms with Crippen LogP contribution in [0.3, 0.4) is 0 Å². The second kappa shape index (κ2) is 11.1. The lowest BCUT2D eigenvalue weighted by Crippen LogP contribution is -2.39. The molecule has 0 amide bonds. The minimum Gasteiger partial charge on any atom is -0.370 e. The highest BCUT2D eigenvalue weighted by atomic mass is 35.5. The first-order valence-corrected chi connectivity index (χ1v) is 7.10. The van der Waals surface area contributed by atoms with Crippen LogP contribution in [0, 0.1) is 10.8 Å². The molecule has 0 saturated carbocycles. The fourth-order valence-corrected chi connectivity index (χ4v) is 1.55. The van der Waals surface area contributed by atoms with Gasteiger partial charge in [0.05, 0.1) is 10.7 Å². The Morgan fingerprint density at radius 3 is 2.15 bits per heavy atom. The number of benzene rings is 1. The number of anilines is 1. The van der Waals surface area contributed by atoms with Gasteiger partial charge in [0.1, 0.15) is 0 Å². The van der Waals surface area contributed by atoms with Crippen LogP contribution >= 0.6 is 11.6 Å². The van der Waals surface area contributed by atoms with Gasteiger partial charge in [0.25, 0.3) is 0 Å². The Labute approximate surface area is 125 Å². The molecule has 20 heavy (non-hydrogen) atoms. The van der Waals surface area contributed by atoms with Gasteiger partial charge >= 0.3 is 0 Å². The predicted molar refractivity (Wildman–Crippen MR) is 87.7 cm³/mol. The van der Waals surface area contributed by atoms with Crippen LogP contribution in [0.15, 0.2) is 24.3 Å². The predicted octanol–water partition coefficient (Wildman–Crippen LogP) is 3.76. The molecular formula is C14H24ClN5. The summed E-state index contributed by atoms with van der Waals surface area (Å²) < 4.78 is 0. The number of rotatable bonds is 4. The highest BCUT2D eigenvalue weighted by Crippen LogP contribution is 2.19. The Bertz CT molecular complexity index is 416. The zero-order valence-corrected chi connectivity index (χ0v) is 12.8. The van der Waals surface area contributed by atoms with Crippen LogP contribution in [-0.2, 0) is 0 Å². The summed E-state index contributed by atoms with van der Waals surface area (Å²) in [5, 5.41) is 19.7. The maximum atomic E-state index is 7.35. The lowest BCUT2D eigenvalue weighted by atomic mass is 10.2. The van der Waals surface area contributed by atoms with Crippen molar-refractivity contribution in [2.24, 2.45) is 5.73 Å². The second-order valence-corrected chi connectivity index (χ2v) is 4.63. The van der Waals surface area contributed by atoms with Gasteiger partial charge in [-0.25, -0.2) is 0 Å². The van der Waals surface area contributed by atoms with Gasteiger partial charge in [0.2, 0.25) is 0 Å². The van der Waals surface area contributed by atoms with Crippen molar-refractivity contribution in [1.29, 1.82) is 10.8 Å². The Morgan fingerprint density at radius 2 is 1.70 bits per heavy atom. The third kappa shape index (κ3) is 9.22. The van der Waals surface area contributed by atoms with Gasteiger partial charge in [0.15, 0.2) is 11.9 Å². The maximum absolute atomic E-state index is 7.35. The molecule has 0 radical (unpaired) electrons. The Balaban J connectivity index is 0.000000511. The van der Waals surface area contributed by atoms with E-state index in [9.17, 15) is 0 Å². The molecule has 112 valence electrons. The summed E-state index contributed by atoms with van der Waals surface area (Å²) in [4.78, 5) is 0. The lowest BCUT2D eigenvalue weighted by Gasteiger charge is -2.09. The molecular weight excluding hydrogens is 274 g/mol. The quantitative estimate of drug-likeness (QED) is 0.332. The first-order chi connectivity index (χ1) is 9.51. The van der Waals surface area contributed by atoms with Crippen LogP contribution < -0.4 is 16.4 Å². The van der Waals surface area contributed by atoms with Crippen LogP contribution in [0.2, 0.25) is 5.02 Å². The van der Waals surface area contributed by atoms with E-state index >= 15 is 0 Å². The standard InChI is InChI=1S/C8H10ClN5.C6H14/c9-5-3-1-2-4-6(5)13-8(12)14-7(10)11;1-3-5-6-4-2/h1-4H,(H6,10,11,12,13,14);3-6H2,1-2H3. The number of halogens is 1. The lowest BCUT2D eigenvalue weighted by molar-refractivity contribution is 0.702. The fraction of sp³-hybridized carbons (Fsp3) is 0.429. The van der Waals surface area contributed by atoms with Gasteiger partial charge < -0.3 is 11.1 Å². The fourth-order valence-electron chi connectivity index (χ4n) is 1.36. The summed E-state index contributed by atoms with van der Waals surface area (Å²) in [6, 6.07) is 6.99. The molecule has 0 unspecified atom stereocenters. The molecule has 0 spiro atoms. The third-order valence-electron chi connectivity index (χ3n) is 2.35. The molecule has 0 bridgehead atoms. The summed E-state index contributed by atoms with van der Waals surface area (Å²) in [6.45, 7) is 4.46.